The second-order valence-corrected chi connectivity index (χ2v) is 8.60. The largest absolute Gasteiger partial charge is 0.339 e. The molecule has 20 heavy (non-hydrogen) atoms. The van der Waals surface area contributed by atoms with E-state index in [2.05, 4.69) is 17.1 Å². The van der Waals surface area contributed by atoms with E-state index in [1.165, 1.54) is 5.75 Å². The van der Waals surface area contributed by atoms with Crippen LogP contribution in [0, 0.1) is 5.41 Å². The molecule has 0 saturated carbocycles. The minimum Gasteiger partial charge on any atom is -0.339 e. The van der Waals surface area contributed by atoms with Crippen LogP contribution in [-0.2, 0) is 11.2 Å². The molecular formula is C14H22N2O2S2. The van der Waals surface area contributed by atoms with E-state index < -0.39 is 0 Å². The lowest BCUT2D eigenvalue weighted by molar-refractivity contribution is -0.125. The Kier molecular flexibility index (Phi) is 5.18. The van der Waals surface area contributed by atoms with E-state index in [0.29, 0.717) is 16.4 Å². The van der Waals surface area contributed by atoms with Crippen LogP contribution in [0.4, 0.5) is 0 Å². The van der Waals surface area contributed by atoms with E-state index in [0.717, 1.165) is 18.0 Å². The highest BCUT2D eigenvalue weighted by Crippen LogP contribution is 2.42. The zero-order chi connectivity index (χ0) is 14.8. The first kappa shape index (κ1) is 15.9. The normalized spacial score (nSPS) is 23.8. The van der Waals surface area contributed by atoms with Gasteiger partial charge in [0, 0.05) is 22.2 Å². The summed E-state index contributed by atoms with van der Waals surface area (Å²) in [6, 6.07) is 0. The third-order valence-electron chi connectivity index (χ3n) is 3.34. The molecule has 1 aliphatic rings. The molecule has 1 aliphatic heterocycles. The lowest BCUT2D eigenvalue weighted by atomic mass is 9.89. The highest BCUT2D eigenvalue weighted by Gasteiger charge is 2.31. The molecule has 2 unspecified atom stereocenters. The van der Waals surface area contributed by atoms with Crippen LogP contribution < -0.4 is 0 Å². The molecule has 0 N–H and O–H groups in total. The number of hydrogen-bond donors (Lipinski definition) is 0. The van der Waals surface area contributed by atoms with Gasteiger partial charge in [-0.25, -0.2) is 0 Å². The summed E-state index contributed by atoms with van der Waals surface area (Å²) in [6.45, 7) is 7.93. The zero-order valence-electron chi connectivity index (χ0n) is 12.5. The van der Waals surface area contributed by atoms with E-state index in [4.69, 9.17) is 4.52 Å². The maximum absolute atomic E-state index is 12.0. The lowest BCUT2D eigenvalue weighted by Crippen LogP contribution is -2.22. The SMILES string of the molecule is CCC1SCCSC1c1noc(CC(=O)C(C)(C)C)n1. The molecule has 112 valence electrons. The number of ketones is 1. The molecule has 0 bridgehead atoms. The average Bonchev–Trinajstić information content (AvgIpc) is 2.86. The third kappa shape index (κ3) is 3.79. The summed E-state index contributed by atoms with van der Waals surface area (Å²) < 4.78 is 5.27. The smallest absolute Gasteiger partial charge is 0.234 e. The Balaban J connectivity index is 2.06. The Hall–Kier alpha value is -0.490. The van der Waals surface area contributed by atoms with Gasteiger partial charge in [-0.05, 0) is 6.42 Å². The summed E-state index contributed by atoms with van der Waals surface area (Å²) in [5.41, 5.74) is -0.365. The third-order valence-corrected chi connectivity index (χ3v) is 6.58. The summed E-state index contributed by atoms with van der Waals surface area (Å²) in [5.74, 6) is 3.64. The molecule has 2 rings (SSSR count). The maximum atomic E-state index is 12.0. The van der Waals surface area contributed by atoms with Crippen LogP contribution in [-0.4, -0.2) is 32.7 Å². The van der Waals surface area contributed by atoms with Crippen LogP contribution in [0.15, 0.2) is 4.52 Å². The van der Waals surface area contributed by atoms with Crippen molar-refractivity contribution < 1.29 is 9.32 Å². The van der Waals surface area contributed by atoms with Gasteiger partial charge >= 0.3 is 0 Å². The monoisotopic (exact) mass is 314 g/mol. The van der Waals surface area contributed by atoms with Gasteiger partial charge in [-0.3, -0.25) is 4.79 Å². The second kappa shape index (κ2) is 6.52. The van der Waals surface area contributed by atoms with Gasteiger partial charge in [-0.15, -0.1) is 11.8 Å². The van der Waals surface area contributed by atoms with Crippen LogP contribution in [0.2, 0.25) is 0 Å². The number of nitrogens with zero attached hydrogens (tertiary/aromatic N) is 2. The van der Waals surface area contributed by atoms with Gasteiger partial charge in [0.15, 0.2) is 5.82 Å². The molecule has 0 spiro atoms. The number of thioether (sulfide) groups is 2. The lowest BCUT2D eigenvalue weighted by Gasteiger charge is -2.27. The molecule has 1 fully saturated rings. The van der Waals surface area contributed by atoms with E-state index in [9.17, 15) is 4.79 Å². The van der Waals surface area contributed by atoms with Crippen LogP contribution in [0.25, 0.3) is 0 Å². The molecule has 2 atom stereocenters. The van der Waals surface area contributed by atoms with Gasteiger partial charge in [0.05, 0.1) is 11.7 Å². The Morgan fingerprint density at radius 1 is 1.35 bits per heavy atom. The molecule has 1 saturated heterocycles. The molecule has 4 nitrogen and oxygen atoms in total. The Morgan fingerprint density at radius 3 is 2.70 bits per heavy atom. The predicted octanol–water partition coefficient (Wildman–Crippen LogP) is 3.53. The van der Waals surface area contributed by atoms with Crippen molar-refractivity contribution in [3.63, 3.8) is 0 Å². The van der Waals surface area contributed by atoms with Crippen molar-refractivity contribution in [1.82, 2.24) is 10.1 Å². The minimum absolute atomic E-state index is 0.130. The fourth-order valence-electron chi connectivity index (χ4n) is 2.00. The van der Waals surface area contributed by atoms with Crippen molar-refractivity contribution in [3.05, 3.63) is 11.7 Å². The predicted molar refractivity (Wildman–Crippen MR) is 84.2 cm³/mol. The summed E-state index contributed by atoms with van der Waals surface area (Å²) in [7, 11) is 0. The molecule has 0 aromatic carbocycles. The first-order valence-corrected chi connectivity index (χ1v) is 9.10. The quantitative estimate of drug-likeness (QED) is 0.847. The Morgan fingerprint density at radius 2 is 2.05 bits per heavy atom. The summed E-state index contributed by atoms with van der Waals surface area (Å²) in [6.07, 6.45) is 1.34. The van der Waals surface area contributed by atoms with Gasteiger partial charge in [0.2, 0.25) is 5.89 Å². The summed E-state index contributed by atoms with van der Waals surface area (Å²) >= 11 is 3.88. The highest BCUT2D eigenvalue weighted by atomic mass is 32.2. The number of Topliss-reactive ketones (excluding diaryl/α,β-unsaturated/α-hetero) is 1. The van der Waals surface area contributed by atoms with Gasteiger partial charge < -0.3 is 4.52 Å². The van der Waals surface area contributed by atoms with E-state index in [1.54, 1.807) is 0 Å². The standard InChI is InChI=1S/C14H22N2O2S2/c1-5-9-12(20-7-6-19-9)13-15-11(18-16-13)8-10(17)14(2,3)4/h9,12H,5-8H2,1-4H3. The molecule has 1 aromatic heterocycles. The van der Waals surface area contributed by atoms with Gasteiger partial charge in [0.25, 0.3) is 0 Å². The van der Waals surface area contributed by atoms with Gasteiger partial charge in [-0.2, -0.15) is 16.7 Å². The van der Waals surface area contributed by atoms with Crippen LogP contribution >= 0.6 is 23.5 Å². The first-order chi connectivity index (χ1) is 9.41. The van der Waals surface area contributed by atoms with Crippen molar-refractivity contribution in [3.8, 4) is 0 Å². The maximum Gasteiger partial charge on any atom is 0.234 e. The van der Waals surface area contributed by atoms with Gasteiger partial charge in [0.1, 0.15) is 5.78 Å². The highest BCUT2D eigenvalue weighted by molar-refractivity contribution is 8.06. The van der Waals surface area contributed by atoms with Gasteiger partial charge in [-0.1, -0.05) is 32.9 Å². The minimum atomic E-state index is -0.365. The first-order valence-electron chi connectivity index (χ1n) is 7.00. The second-order valence-electron chi connectivity index (χ2n) is 6.01. The van der Waals surface area contributed by atoms with E-state index >= 15 is 0 Å². The molecule has 0 aliphatic carbocycles. The molecular weight excluding hydrogens is 292 g/mol. The fraction of sp³-hybridized carbons (Fsp3) is 0.786. The number of carbonyl (C=O) groups excluding carboxylic acids is 1. The zero-order valence-corrected chi connectivity index (χ0v) is 14.1. The molecule has 2 heterocycles. The summed E-state index contributed by atoms with van der Waals surface area (Å²) in [5, 5.41) is 4.93. The number of carbonyl (C=O) groups is 1. The van der Waals surface area contributed by atoms with Crippen molar-refractivity contribution >= 4 is 29.3 Å². The molecule has 0 radical (unpaired) electrons. The Bertz CT molecular complexity index is 468. The number of rotatable bonds is 4. The van der Waals surface area contributed by atoms with Crippen molar-refractivity contribution in [2.24, 2.45) is 5.41 Å². The fourth-order valence-corrected chi connectivity index (χ4v) is 4.98. The number of hydrogen-bond acceptors (Lipinski definition) is 6. The molecule has 6 heteroatoms. The van der Waals surface area contributed by atoms with Crippen LogP contribution in [0.1, 0.15) is 51.1 Å². The summed E-state index contributed by atoms with van der Waals surface area (Å²) in [4.78, 5) is 16.5. The van der Waals surface area contributed by atoms with E-state index in [-0.39, 0.29) is 17.6 Å². The topological polar surface area (TPSA) is 56.0 Å². The van der Waals surface area contributed by atoms with E-state index in [1.807, 2.05) is 44.3 Å². The van der Waals surface area contributed by atoms with Crippen molar-refractivity contribution in [2.75, 3.05) is 11.5 Å². The number of aromatic nitrogens is 2. The van der Waals surface area contributed by atoms with Crippen molar-refractivity contribution in [1.29, 1.82) is 0 Å². The molecule has 0 amide bonds. The molecule has 1 aromatic rings. The van der Waals surface area contributed by atoms with Crippen LogP contribution in [0.3, 0.4) is 0 Å². The average molecular weight is 314 g/mol. The van der Waals surface area contributed by atoms with Crippen molar-refractivity contribution in [2.45, 2.75) is 51.0 Å². The van der Waals surface area contributed by atoms with Crippen LogP contribution in [0.5, 0.6) is 0 Å². The Labute approximate surface area is 128 Å².